The Morgan fingerprint density at radius 2 is 2.00 bits per heavy atom. The van der Waals surface area contributed by atoms with Gasteiger partial charge in [0.05, 0.1) is 5.69 Å². The number of urea groups is 1. The lowest BCUT2D eigenvalue weighted by Crippen LogP contribution is -2.58. The van der Waals surface area contributed by atoms with Crippen LogP contribution < -0.4 is 10.6 Å². The zero-order chi connectivity index (χ0) is 19.3. The summed E-state index contributed by atoms with van der Waals surface area (Å²) in [5.74, 6) is -1.07. The van der Waals surface area contributed by atoms with Crippen LogP contribution >= 0.6 is 0 Å². The van der Waals surface area contributed by atoms with Crippen molar-refractivity contribution in [3.05, 3.63) is 24.0 Å². The molecule has 0 spiro atoms. The minimum Gasteiger partial charge on any atom is -0.342 e. The van der Waals surface area contributed by atoms with Gasteiger partial charge in [-0.3, -0.25) is 9.59 Å². The van der Waals surface area contributed by atoms with E-state index >= 15 is 0 Å². The molecule has 1 aromatic rings. The molecule has 0 bridgehead atoms. The van der Waals surface area contributed by atoms with Crippen LogP contribution in [0.15, 0.2) is 18.2 Å². The first-order chi connectivity index (χ1) is 12.3. The first-order valence-electron chi connectivity index (χ1n) is 8.73. The van der Waals surface area contributed by atoms with Crippen molar-refractivity contribution in [1.29, 1.82) is 0 Å². The second-order valence-corrected chi connectivity index (χ2v) is 6.42. The third-order valence-corrected chi connectivity index (χ3v) is 4.33. The Kier molecular flexibility index (Phi) is 6.54. The molecular formula is C18H25FN4O3. The number of piperazine rings is 1. The fourth-order valence-corrected chi connectivity index (χ4v) is 2.92. The van der Waals surface area contributed by atoms with Gasteiger partial charge in [-0.05, 0) is 24.6 Å². The lowest BCUT2D eigenvalue weighted by atomic mass is 10.0. The van der Waals surface area contributed by atoms with Crippen molar-refractivity contribution < 1.29 is 18.8 Å². The molecule has 26 heavy (non-hydrogen) atoms. The topological polar surface area (TPSA) is 81.8 Å². The van der Waals surface area contributed by atoms with Gasteiger partial charge in [0.15, 0.2) is 0 Å². The number of amides is 4. The largest absolute Gasteiger partial charge is 0.342 e. The van der Waals surface area contributed by atoms with E-state index in [2.05, 4.69) is 10.6 Å². The highest BCUT2D eigenvalue weighted by Crippen LogP contribution is 2.22. The Bertz CT molecular complexity index is 695. The smallest absolute Gasteiger partial charge is 0.322 e. The lowest BCUT2D eigenvalue weighted by Gasteiger charge is -2.39. The summed E-state index contributed by atoms with van der Waals surface area (Å²) in [4.78, 5) is 39.4. The van der Waals surface area contributed by atoms with Crippen molar-refractivity contribution in [2.45, 2.75) is 39.2 Å². The van der Waals surface area contributed by atoms with Crippen LogP contribution in [0.25, 0.3) is 0 Å². The SMILES string of the molecule is CCCC[C@H]1C(=O)N(C)CCN1C(=O)Nc1ccc(F)c(NC(C)=O)c1. The fraction of sp³-hybridized carbons (Fsp3) is 0.500. The van der Waals surface area contributed by atoms with E-state index in [-0.39, 0.29) is 11.6 Å². The molecule has 2 rings (SSSR count). The van der Waals surface area contributed by atoms with E-state index in [1.807, 2.05) is 6.92 Å². The third kappa shape index (κ3) is 4.71. The summed E-state index contributed by atoms with van der Waals surface area (Å²) in [6, 6.07) is 3.03. The molecule has 2 N–H and O–H groups in total. The summed E-state index contributed by atoms with van der Waals surface area (Å²) in [5.41, 5.74) is 0.341. The number of carbonyl (C=O) groups is 3. The van der Waals surface area contributed by atoms with E-state index in [0.29, 0.717) is 25.2 Å². The van der Waals surface area contributed by atoms with Gasteiger partial charge in [0.25, 0.3) is 0 Å². The molecule has 1 aromatic carbocycles. The lowest BCUT2D eigenvalue weighted by molar-refractivity contribution is -0.138. The van der Waals surface area contributed by atoms with Crippen LogP contribution in [0.3, 0.4) is 0 Å². The highest BCUT2D eigenvalue weighted by atomic mass is 19.1. The Morgan fingerprint density at radius 1 is 1.27 bits per heavy atom. The average molecular weight is 364 g/mol. The van der Waals surface area contributed by atoms with Crippen LogP contribution in [0, 0.1) is 5.82 Å². The molecule has 8 heteroatoms. The van der Waals surface area contributed by atoms with Crippen LogP contribution in [0.2, 0.25) is 0 Å². The molecule has 1 atom stereocenters. The minimum absolute atomic E-state index is 0.00714. The van der Waals surface area contributed by atoms with Gasteiger partial charge < -0.3 is 20.4 Å². The molecule has 0 aliphatic carbocycles. The summed E-state index contributed by atoms with van der Waals surface area (Å²) < 4.78 is 13.7. The summed E-state index contributed by atoms with van der Waals surface area (Å²) in [6.45, 7) is 4.21. The predicted octanol–water partition coefficient (Wildman–Crippen LogP) is 2.65. The summed E-state index contributed by atoms with van der Waals surface area (Å²) in [7, 11) is 1.73. The molecule has 0 aromatic heterocycles. The highest BCUT2D eigenvalue weighted by Gasteiger charge is 2.35. The van der Waals surface area contributed by atoms with Gasteiger partial charge in [-0.2, -0.15) is 0 Å². The van der Waals surface area contributed by atoms with Crippen molar-refractivity contribution in [3.8, 4) is 0 Å². The molecule has 0 radical (unpaired) electrons. The maximum Gasteiger partial charge on any atom is 0.322 e. The molecule has 142 valence electrons. The van der Waals surface area contributed by atoms with Gasteiger partial charge in [-0.25, -0.2) is 9.18 Å². The van der Waals surface area contributed by atoms with Gasteiger partial charge in [0.2, 0.25) is 11.8 Å². The fourth-order valence-electron chi connectivity index (χ4n) is 2.92. The number of benzene rings is 1. The van der Waals surface area contributed by atoms with Crippen molar-refractivity contribution in [2.75, 3.05) is 30.8 Å². The van der Waals surface area contributed by atoms with Crippen molar-refractivity contribution >= 4 is 29.2 Å². The molecule has 1 heterocycles. The van der Waals surface area contributed by atoms with Crippen molar-refractivity contribution in [3.63, 3.8) is 0 Å². The molecule has 0 saturated carbocycles. The second kappa shape index (κ2) is 8.64. The standard InChI is InChI=1S/C18H25FN4O3/c1-4-5-6-16-17(25)22(3)9-10-23(16)18(26)21-13-7-8-14(19)15(11-13)20-12(2)24/h7-8,11,16H,4-6,9-10H2,1-3H3,(H,20,24)(H,21,26)/t16-/m0/s1. The van der Waals surface area contributed by atoms with E-state index in [4.69, 9.17) is 0 Å². The maximum atomic E-state index is 13.7. The summed E-state index contributed by atoms with van der Waals surface area (Å²) >= 11 is 0. The first-order valence-corrected chi connectivity index (χ1v) is 8.73. The van der Waals surface area contributed by atoms with Crippen LogP contribution in [0.4, 0.5) is 20.6 Å². The molecule has 1 aliphatic heterocycles. The predicted molar refractivity (Wildman–Crippen MR) is 97.4 cm³/mol. The van der Waals surface area contributed by atoms with Crippen molar-refractivity contribution in [1.82, 2.24) is 9.80 Å². The number of likely N-dealkylation sites (N-methyl/N-ethyl adjacent to an activating group) is 1. The van der Waals surface area contributed by atoms with Crippen LogP contribution in [-0.4, -0.2) is 53.8 Å². The Morgan fingerprint density at radius 3 is 2.65 bits per heavy atom. The quantitative estimate of drug-likeness (QED) is 0.843. The third-order valence-electron chi connectivity index (χ3n) is 4.33. The number of hydrogen-bond acceptors (Lipinski definition) is 3. The van der Waals surface area contributed by atoms with Crippen LogP contribution in [0.5, 0.6) is 0 Å². The second-order valence-electron chi connectivity index (χ2n) is 6.42. The van der Waals surface area contributed by atoms with Gasteiger partial charge in [-0.15, -0.1) is 0 Å². The monoisotopic (exact) mass is 364 g/mol. The number of anilines is 2. The van der Waals surface area contributed by atoms with Crippen LogP contribution in [0.1, 0.15) is 33.1 Å². The van der Waals surface area contributed by atoms with Gasteiger partial charge >= 0.3 is 6.03 Å². The van der Waals surface area contributed by atoms with E-state index in [0.717, 1.165) is 12.8 Å². The summed E-state index contributed by atoms with van der Waals surface area (Å²) in [5, 5.41) is 5.07. The number of rotatable bonds is 5. The molecule has 1 aliphatic rings. The zero-order valence-corrected chi connectivity index (χ0v) is 15.3. The number of hydrogen-bond donors (Lipinski definition) is 2. The van der Waals surface area contributed by atoms with E-state index in [1.165, 1.54) is 30.0 Å². The number of unbranched alkanes of at least 4 members (excludes halogenated alkanes) is 1. The van der Waals surface area contributed by atoms with Gasteiger partial charge in [0, 0.05) is 32.7 Å². The number of halogens is 1. The molecule has 7 nitrogen and oxygen atoms in total. The van der Waals surface area contributed by atoms with E-state index in [1.54, 1.807) is 11.9 Å². The van der Waals surface area contributed by atoms with Gasteiger partial charge in [0.1, 0.15) is 11.9 Å². The Labute approximate surface area is 152 Å². The normalized spacial score (nSPS) is 17.2. The van der Waals surface area contributed by atoms with Crippen LogP contribution in [-0.2, 0) is 9.59 Å². The maximum absolute atomic E-state index is 13.7. The molecular weight excluding hydrogens is 339 g/mol. The number of nitrogens with one attached hydrogen (secondary N) is 2. The molecule has 4 amide bonds. The number of carbonyl (C=O) groups excluding carboxylic acids is 3. The average Bonchev–Trinajstić information content (AvgIpc) is 2.58. The Hall–Kier alpha value is -2.64. The van der Waals surface area contributed by atoms with Crippen molar-refractivity contribution in [2.24, 2.45) is 0 Å². The number of nitrogens with zero attached hydrogens (tertiary/aromatic N) is 2. The first kappa shape index (κ1) is 19.7. The van der Waals surface area contributed by atoms with E-state index < -0.39 is 23.8 Å². The molecule has 1 saturated heterocycles. The Balaban J connectivity index is 2.14. The summed E-state index contributed by atoms with van der Waals surface area (Å²) in [6.07, 6.45) is 2.38. The minimum atomic E-state index is -0.589. The highest BCUT2D eigenvalue weighted by molar-refractivity contribution is 5.95. The zero-order valence-electron chi connectivity index (χ0n) is 15.3. The van der Waals surface area contributed by atoms with E-state index in [9.17, 15) is 18.8 Å². The molecule has 0 unspecified atom stereocenters. The van der Waals surface area contributed by atoms with Gasteiger partial charge in [-0.1, -0.05) is 19.8 Å². The molecule has 1 fully saturated rings.